The first-order chi connectivity index (χ1) is 7.66. The third kappa shape index (κ3) is 1.76. The molecule has 0 atom stereocenters. The Bertz CT molecular complexity index is 405. The molecule has 0 bridgehead atoms. The highest BCUT2D eigenvalue weighted by Gasteiger charge is 2.43. The molecule has 86 valence electrons. The molecule has 0 heterocycles. The third-order valence-electron chi connectivity index (χ3n) is 4.06. The average Bonchev–Trinajstić information content (AvgIpc) is 3.19. The fraction of sp³-hybridized carbons (Fsp3) is 0.571. The Balaban J connectivity index is 1.80. The molecule has 16 heavy (non-hydrogen) atoms. The zero-order valence-electron chi connectivity index (χ0n) is 9.83. The van der Waals surface area contributed by atoms with Crippen molar-refractivity contribution >= 4 is 0 Å². The van der Waals surface area contributed by atoms with Gasteiger partial charge in [-0.2, -0.15) is 0 Å². The number of rotatable bonds is 4. The van der Waals surface area contributed by atoms with Crippen molar-refractivity contribution in [3.63, 3.8) is 0 Å². The molecule has 2 aliphatic carbocycles. The van der Waals surface area contributed by atoms with Crippen LogP contribution in [-0.2, 0) is 16.7 Å². The molecule has 1 aromatic rings. The summed E-state index contributed by atoms with van der Waals surface area (Å²) >= 11 is 0. The van der Waals surface area contributed by atoms with Crippen LogP contribution in [0.15, 0.2) is 24.3 Å². The van der Waals surface area contributed by atoms with Gasteiger partial charge in [0, 0.05) is 19.1 Å². The molecular formula is C14H19NO. The van der Waals surface area contributed by atoms with Gasteiger partial charge in [-0.1, -0.05) is 24.3 Å². The van der Waals surface area contributed by atoms with E-state index in [0.717, 1.165) is 19.3 Å². The van der Waals surface area contributed by atoms with E-state index >= 15 is 0 Å². The highest BCUT2D eigenvalue weighted by molar-refractivity contribution is 5.34. The summed E-state index contributed by atoms with van der Waals surface area (Å²) in [7, 11) is 1.82. The van der Waals surface area contributed by atoms with E-state index in [1.165, 1.54) is 24.0 Å². The topological polar surface area (TPSA) is 35.2 Å². The van der Waals surface area contributed by atoms with E-state index in [0.29, 0.717) is 0 Å². The summed E-state index contributed by atoms with van der Waals surface area (Å²) in [4.78, 5) is 0. The molecule has 2 heteroatoms. The predicted molar refractivity (Wildman–Crippen MR) is 64.2 cm³/mol. The number of nitrogens with two attached hydrogens (primary N) is 1. The van der Waals surface area contributed by atoms with E-state index in [1.807, 2.05) is 7.11 Å². The second-order valence-corrected chi connectivity index (χ2v) is 5.42. The van der Waals surface area contributed by atoms with Crippen molar-refractivity contribution in [3.05, 3.63) is 35.4 Å². The maximum Gasteiger partial charge on any atom is 0.0721 e. The third-order valence-corrected chi connectivity index (χ3v) is 4.06. The Morgan fingerprint density at radius 2 is 2.00 bits per heavy atom. The van der Waals surface area contributed by atoms with Crippen LogP contribution >= 0.6 is 0 Å². The van der Waals surface area contributed by atoms with Gasteiger partial charge in [0.05, 0.1) is 5.60 Å². The number of hydrogen-bond donors (Lipinski definition) is 1. The minimum atomic E-state index is -0.0141. The molecular weight excluding hydrogens is 198 g/mol. The van der Waals surface area contributed by atoms with Crippen LogP contribution in [0.4, 0.5) is 0 Å². The average molecular weight is 217 g/mol. The Morgan fingerprint density at radius 3 is 2.56 bits per heavy atom. The Hall–Kier alpha value is -0.860. The van der Waals surface area contributed by atoms with Gasteiger partial charge in [-0.3, -0.25) is 0 Å². The first-order valence-electron chi connectivity index (χ1n) is 6.09. The normalized spacial score (nSPS) is 24.1. The molecule has 2 N–H and O–H groups in total. The quantitative estimate of drug-likeness (QED) is 0.840. The van der Waals surface area contributed by atoms with Crippen LogP contribution in [-0.4, -0.2) is 12.7 Å². The summed E-state index contributed by atoms with van der Waals surface area (Å²) in [6.45, 7) is 0. The van der Waals surface area contributed by atoms with E-state index in [2.05, 4.69) is 24.3 Å². The van der Waals surface area contributed by atoms with E-state index in [9.17, 15) is 0 Å². The van der Waals surface area contributed by atoms with Gasteiger partial charge in [-0.25, -0.2) is 0 Å². The number of hydrogen-bond acceptors (Lipinski definition) is 2. The lowest BCUT2D eigenvalue weighted by Gasteiger charge is -2.15. The van der Waals surface area contributed by atoms with Crippen LogP contribution in [0.5, 0.6) is 0 Å². The van der Waals surface area contributed by atoms with Crippen molar-refractivity contribution in [1.82, 2.24) is 0 Å². The highest BCUT2D eigenvalue weighted by atomic mass is 16.5. The van der Waals surface area contributed by atoms with E-state index in [4.69, 9.17) is 10.5 Å². The van der Waals surface area contributed by atoms with Gasteiger partial charge in [-0.05, 0) is 36.8 Å². The molecule has 3 rings (SSSR count). The molecule has 2 aliphatic rings. The molecule has 0 spiro atoms. The maximum absolute atomic E-state index is 6.22. The molecule has 0 radical (unpaired) electrons. The summed E-state index contributed by atoms with van der Waals surface area (Å²) in [5, 5.41) is 0. The molecule has 0 aromatic heterocycles. The fourth-order valence-corrected chi connectivity index (χ4v) is 2.38. The van der Waals surface area contributed by atoms with Gasteiger partial charge in [0.2, 0.25) is 0 Å². The minimum Gasteiger partial charge on any atom is -0.378 e. The van der Waals surface area contributed by atoms with Crippen molar-refractivity contribution in [2.75, 3.05) is 7.11 Å². The van der Waals surface area contributed by atoms with E-state index in [-0.39, 0.29) is 11.1 Å². The zero-order valence-corrected chi connectivity index (χ0v) is 9.83. The van der Waals surface area contributed by atoms with Crippen LogP contribution < -0.4 is 5.73 Å². The van der Waals surface area contributed by atoms with Crippen LogP contribution in [0.25, 0.3) is 0 Å². The van der Waals surface area contributed by atoms with Crippen molar-refractivity contribution in [2.45, 2.75) is 43.2 Å². The second-order valence-electron chi connectivity index (χ2n) is 5.42. The van der Waals surface area contributed by atoms with Crippen LogP contribution in [0.1, 0.15) is 36.8 Å². The number of ether oxygens (including phenoxy) is 1. The fourth-order valence-electron chi connectivity index (χ4n) is 2.38. The molecule has 2 fully saturated rings. The van der Waals surface area contributed by atoms with Crippen LogP contribution in [0.3, 0.4) is 0 Å². The Morgan fingerprint density at radius 1 is 1.25 bits per heavy atom. The Kier molecular flexibility index (Phi) is 2.13. The molecule has 0 unspecified atom stereocenters. The molecule has 2 saturated carbocycles. The number of benzene rings is 1. The smallest absolute Gasteiger partial charge is 0.0721 e. The summed E-state index contributed by atoms with van der Waals surface area (Å²) in [6.07, 6.45) is 5.69. The summed E-state index contributed by atoms with van der Waals surface area (Å²) in [5.41, 5.74) is 9.02. The molecule has 0 saturated heterocycles. The first kappa shape index (κ1) is 10.3. The second kappa shape index (κ2) is 3.31. The monoisotopic (exact) mass is 217 g/mol. The molecule has 0 amide bonds. The van der Waals surface area contributed by atoms with Gasteiger partial charge >= 0.3 is 0 Å². The van der Waals surface area contributed by atoms with Gasteiger partial charge < -0.3 is 10.5 Å². The van der Waals surface area contributed by atoms with E-state index < -0.39 is 0 Å². The lowest BCUT2D eigenvalue weighted by atomic mass is 9.99. The van der Waals surface area contributed by atoms with E-state index in [1.54, 1.807) is 0 Å². The van der Waals surface area contributed by atoms with Gasteiger partial charge in [0.25, 0.3) is 0 Å². The van der Waals surface area contributed by atoms with Crippen LogP contribution in [0, 0.1) is 0 Å². The SMILES string of the molecule is COC1(Cc2cccc(C3(N)CC3)c2)CC1. The first-order valence-corrected chi connectivity index (χ1v) is 6.09. The lowest BCUT2D eigenvalue weighted by molar-refractivity contribution is 0.0807. The minimum absolute atomic E-state index is 0.0141. The lowest BCUT2D eigenvalue weighted by Crippen LogP contribution is -2.20. The van der Waals surface area contributed by atoms with Crippen molar-refractivity contribution in [3.8, 4) is 0 Å². The Labute approximate surface area is 96.8 Å². The van der Waals surface area contributed by atoms with Crippen LogP contribution in [0.2, 0.25) is 0 Å². The zero-order chi connectivity index (χ0) is 11.2. The van der Waals surface area contributed by atoms with Gasteiger partial charge in [-0.15, -0.1) is 0 Å². The van der Waals surface area contributed by atoms with Crippen molar-refractivity contribution in [2.24, 2.45) is 5.73 Å². The molecule has 1 aromatic carbocycles. The molecule has 2 nitrogen and oxygen atoms in total. The highest BCUT2D eigenvalue weighted by Crippen LogP contribution is 2.45. The maximum atomic E-state index is 6.22. The van der Waals surface area contributed by atoms with Gasteiger partial charge in [0.15, 0.2) is 0 Å². The predicted octanol–water partition coefficient (Wildman–Crippen LogP) is 2.36. The van der Waals surface area contributed by atoms with Crippen molar-refractivity contribution < 1.29 is 4.74 Å². The number of methoxy groups -OCH3 is 1. The van der Waals surface area contributed by atoms with Crippen molar-refractivity contribution in [1.29, 1.82) is 0 Å². The van der Waals surface area contributed by atoms with Gasteiger partial charge in [0.1, 0.15) is 0 Å². The standard InChI is InChI=1S/C14H19NO/c1-16-13(5-6-13)10-11-3-2-4-12(9-11)14(15)7-8-14/h2-4,9H,5-8,10,15H2,1H3. The summed E-state index contributed by atoms with van der Waals surface area (Å²) in [5.74, 6) is 0. The summed E-state index contributed by atoms with van der Waals surface area (Å²) < 4.78 is 5.56. The largest absolute Gasteiger partial charge is 0.378 e. The molecule has 0 aliphatic heterocycles. The summed E-state index contributed by atoms with van der Waals surface area (Å²) in [6, 6.07) is 8.74.